The average Bonchev–Trinajstić information content (AvgIpc) is 3.90. The van der Waals surface area contributed by atoms with Crippen LogP contribution in [0.1, 0.15) is 138 Å². The number of hydrogen-bond acceptors (Lipinski definition) is 0. The van der Waals surface area contributed by atoms with Crippen LogP contribution in [0.15, 0.2) is 115 Å². The molecule has 2 aliphatic heterocycles. The maximum Gasteiger partial charge on any atom is 0.229 e. The smallest absolute Gasteiger partial charge is 0.207 e. The van der Waals surface area contributed by atoms with Gasteiger partial charge >= 0.3 is 0 Å². The molecule has 1 radical (unpaired) electrons. The molecular formula is C58H66FN2Si+2. The summed E-state index contributed by atoms with van der Waals surface area (Å²) in [7, 11) is -0.687. The van der Waals surface area contributed by atoms with Crippen molar-refractivity contribution in [1.29, 1.82) is 0 Å². The molecule has 0 bridgehead atoms. The number of halogens is 1. The van der Waals surface area contributed by atoms with Crippen LogP contribution >= 0.6 is 0 Å². The quantitative estimate of drug-likeness (QED) is 0.114. The highest BCUT2D eigenvalue weighted by Crippen LogP contribution is 2.58. The third-order valence-electron chi connectivity index (χ3n) is 16.3. The Morgan fingerprint density at radius 1 is 0.742 bits per heavy atom. The summed E-state index contributed by atoms with van der Waals surface area (Å²) in [6, 6.07) is 31.4. The number of fused-ring (bicyclic) bond motifs is 5. The van der Waals surface area contributed by atoms with Gasteiger partial charge in [0.1, 0.15) is 11.4 Å². The van der Waals surface area contributed by atoms with Crippen molar-refractivity contribution in [2.24, 2.45) is 17.3 Å². The van der Waals surface area contributed by atoms with Crippen LogP contribution in [0, 0.1) is 30.0 Å². The highest BCUT2D eigenvalue weighted by atomic mass is 28.3. The molecule has 62 heavy (non-hydrogen) atoms. The fourth-order valence-corrected chi connectivity index (χ4v) is 13.2. The van der Waals surface area contributed by atoms with Crippen LogP contribution < -0.4 is 14.3 Å². The minimum Gasteiger partial charge on any atom is -0.207 e. The second-order valence-electron chi connectivity index (χ2n) is 20.9. The van der Waals surface area contributed by atoms with Gasteiger partial charge in [-0.3, -0.25) is 0 Å². The highest BCUT2D eigenvalue weighted by molar-refractivity contribution is 6.70. The molecule has 0 N–H and O–H groups in total. The van der Waals surface area contributed by atoms with Gasteiger partial charge in [0.05, 0.1) is 19.9 Å². The van der Waals surface area contributed by atoms with Crippen LogP contribution in [0.5, 0.6) is 0 Å². The van der Waals surface area contributed by atoms with Crippen molar-refractivity contribution in [3.05, 3.63) is 154 Å². The highest BCUT2D eigenvalue weighted by Gasteiger charge is 2.56. The van der Waals surface area contributed by atoms with E-state index in [-0.39, 0.29) is 22.7 Å². The summed E-state index contributed by atoms with van der Waals surface area (Å²) < 4.78 is 19.4. The number of benzene rings is 3. The first-order valence-electron chi connectivity index (χ1n) is 24.0. The van der Waals surface area contributed by atoms with Gasteiger partial charge in [0.15, 0.2) is 17.9 Å². The number of rotatable bonds is 7. The van der Waals surface area contributed by atoms with Gasteiger partial charge in [-0.05, 0) is 95.7 Å². The van der Waals surface area contributed by atoms with Crippen LogP contribution in [-0.4, -0.2) is 8.80 Å². The van der Waals surface area contributed by atoms with Crippen LogP contribution in [0.2, 0.25) is 13.1 Å². The largest absolute Gasteiger partial charge is 0.229 e. The van der Waals surface area contributed by atoms with Gasteiger partial charge in [-0.25, -0.2) is 4.39 Å². The number of allylic oxidation sites excluding steroid dienone is 6. The molecule has 5 aliphatic rings. The van der Waals surface area contributed by atoms with Gasteiger partial charge in [0.25, 0.3) is 0 Å². The van der Waals surface area contributed by atoms with Crippen LogP contribution in [0.4, 0.5) is 4.39 Å². The summed E-state index contributed by atoms with van der Waals surface area (Å²) in [5.41, 5.74) is 18.4. The summed E-state index contributed by atoms with van der Waals surface area (Å²) in [6.45, 7) is 19.6. The molecule has 2 fully saturated rings. The zero-order valence-corrected chi connectivity index (χ0v) is 39.5. The van der Waals surface area contributed by atoms with E-state index in [0.29, 0.717) is 11.8 Å². The number of pyridine rings is 2. The Labute approximate surface area is 373 Å². The lowest BCUT2D eigenvalue weighted by molar-refractivity contribution is -0.743. The van der Waals surface area contributed by atoms with Crippen LogP contribution in [0.25, 0.3) is 39.2 Å². The molecule has 2 unspecified atom stereocenters. The van der Waals surface area contributed by atoms with Crippen LogP contribution in [-0.2, 0) is 12.0 Å². The van der Waals surface area contributed by atoms with Crippen molar-refractivity contribution in [3.63, 3.8) is 0 Å². The molecule has 0 saturated heterocycles. The minimum absolute atomic E-state index is 0.151. The Morgan fingerprint density at radius 2 is 1.47 bits per heavy atom. The predicted molar refractivity (Wildman–Crippen MR) is 258 cm³/mol. The SMILES string of the molecule is Cc1ccc(-c2ccc(F)cc2)cc1C1C=CC2=C(c3cc(CC4CCCC4)cc[n+]3/C2=C2/c3cc(C4CCCCC4)ccc3-c3ccc([Si](C)C)c[n+]3C2(C)C(C)C)C1(C)C. The van der Waals surface area contributed by atoms with Gasteiger partial charge in [-0.1, -0.05) is 140 Å². The van der Waals surface area contributed by atoms with E-state index in [1.54, 1.807) is 12.1 Å². The molecule has 2 saturated carbocycles. The molecule has 0 spiro atoms. The fourth-order valence-electron chi connectivity index (χ4n) is 12.4. The van der Waals surface area contributed by atoms with Gasteiger partial charge in [-0.2, -0.15) is 9.13 Å². The predicted octanol–water partition coefficient (Wildman–Crippen LogP) is 13.7. The Hall–Kier alpha value is -4.67. The van der Waals surface area contributed by atoms with E-state index < -0.39 is 8.80 Å². The summed E-state index contributed by atoms with van der Waals surface area (Å²) >= 11 is 0. The number of aryl methyl sites for hydroxylation is 1. The van der Waals surface area contributed by atoms with E-state index in [0.717, 1.165) is 23.5 Å². The second kappa shape index (κ2) is 15.8. The third-order valence-corrected chi connectivity index (χ3v) is 17.7. The molecule has 0 amide bonds. The van der Waals surface area contributed by atoms with E-state index in [1.807, 2.05) is 12.1 Å². The molecule has 4 heterocycles. The standard InChI is InChI=1S/C58H66FN2Si/c1-37(2)58(6)55(50-35-44(41-16-10-9-11-17-41)22-26-47(50)52-29-25-46(62(7)8)36-61(52)58)56-48-27-28-51(49-34-43(19-18-38(49)3)42-20-23-45(59)24-21-42)57(4,5)54(48)53-33-40(30-31-60(53)56)32-39-14-12-13-15-39/h18-31,33-37,39,41,51H,9-17,32H2,1-8H3/q+2/b56-55-. The van der Waals surface area contributed by atoms with Crippen molar-refractivity contribution in [2.45, 2.75) is 136 Å². The summed E-state index contributed by atoms with van der Waals surface area (Å²) in [5.74, 6) is 1.66. The van der Waals surface area contributed by atoms with Crippen LogP contribution in [0.3, 0.4) is 0 Å². The maximum absolute atomic E-state index is 14.1. The summed E-state index contributed by atoms with van der Waals surface area (Å²) in [6.07, 6.45) is 23.2. The third kappa shape index (κ3) is 6.77. The van der Waals surface area contributed by atoms with Gasteiger partial charge in [0.2, 0.25) is 17.1 Å². The Kier molecular flexibility index (Phi) is 10.6. The van der Waals surface area contributed by atoms with E-state index in [2.05, 4.69) is 149 Å². The Balaban J connectivity index is 1.24. The summed E-state index contributed by atoms with van der Waals surface area (Å²) in [5, 5.41) is 1.48. The van der Waals surface area contributed by atoms with E-state index >= 15 is 0 Å². The number of nitrogens with zero attached hydrogens (tertiary/aromatic N) is 2. The Morgan fingerprint density at radius 3 is 2.19 bits per heavy atom. The minimum atomic E-state index is -0.687. The first-order chi connectivity index (χ1) is 29.8. The zero-order chi connectivity index (χ0) is 43.1. The van der Waals surface area contributed by atoms with E-state index in [1.165, 1.54) is 130 Å². The first-order valence-corrected chi connectivity index (χ1v) is 26.5. The van der Waals surface area contributed by atoms with Crippen molar-refractivity contribution in [1.82, 2.24) is 0 Å². The molecule has 3 aliphatic carbocycles. The van der Waals surface area contributed by atoms with E-state index in [4.69, 9.17) is 0 Å². The second-order valence-corrected chi connectivity index (χ2v) is 23.5. The monoisotopic (exact) mass is 837 g/mol. The molecular weight excluding hydrogens is 772 g/mol. The molecule has 2 aromatic heterocycles. The van der Waals surface area contributed by atoms with Crippen molar-refractivity contribution in [3.8, 4) is 22.4 Å². The molecule has 2 nitrogen and oxygen atoms in total. The molecule has 4 heteroatoms. The van der Waals surface area contributed by atoms with Gasteiger partial charge in [0, 0.05) is 58.7 Å². The number of aromatic nitrogens is 2. The lowest BCUT2D eigenvalue weighted by Gasteiger charge is -2.38. The van der Waals surface area contributed by atoms with Crippen molar-refractivity contribution in [2.75, 3.05) is 0 Å². The molecule has 5 aromatic rings. The molecule has 317 valence electrons. The topological polar surface area (TPSA) is 7.76 Å². The number of hydrogen-bond donors (Lipinski definition) is 0. The molecule has 10 rings (SSSR count). The molecule has 3 aromatic carbocycles. The lowest BCUT2D eigenvalue weighted by atomic mass is 9.64. The maximum atomic E-state index is 14.1. The lowest BCUT2D eigenvalue weighted by Crippen LogP contribution is -2.63. The summed E-state index contributed by atoms with van der Waals surface area (Å²) in [4.78, 5) is 0. The fraction of sp³-hybridized carbons (Fsp3) is 0.414. The van der Waals surface area contributed by atoms with Gasteiger partial charge in [-0.15, -0.1) is 0 Å². The van der Waals surface area contributed by atoms with E-state index in [9.17, 15) is 4.39 Å². The average molecular weight is 838 g/mol. The van der Waals surface area contributed by atoms with Crippen molar-refractivity contribution >= 4 is 30.8 Å². The van der Waals surface area contributed by atoms with Crippen molar-refractivity contribution < 1.29 is 13.5 Å². The normalized spacial score (nSPS) is 23.2. The van der Waals surface area contributed by atoms with Gasteiger partial charge < -0.3 is 0 Å². The first kappa shape index (κ1) is 41.3. The zero-order valence-electron chi connectivity index (χ0n) is 38.5. The Bertz CT molecular complexity index is 2660. The molecule has 2 atom stereocenters.